The van der Waals surface area contributed by atoms with Crippen molar-refractivity contribution in [2.45, 2.75) is 32.4 Å². The van der Waals surface area contributed by atoms with Crippen LogP contribution >= 0.6 is 0 Å². The number of aromatic amines is 1. The van der Waals surface area contributed by atoms with E-state index in [0.29, 0.717) is 0 Å². The topological polar surface area (TPSA) is 62.8 Å². The molecule has 2 aromatic rings. The highest BCUT2D eigenvalue weighted by atomic mass is 16.5. The Morgan fingerprint density at radius 3 is 2.79 bits per heavy atom. The van der Waals surface area contributed by atoms with E-state index in [0.717, 1.165) is 18.0 Å². The number of benzene rings is 1. The molecular formula is C14H20N4O. The summed E-state index contributed by atoms with van der Waals surface area (Å²) < 4.78 is 5.42. The zero-order chi connectivity index (χ0) is 13.7. The van der Waals surface area contributed by atoms with Crippen molar-refractivity contribution in [2.24, 2.45) is 0 Å². The van der Waals surface area contributed by atoms with E-state index in [4.69, 9.17) is 4.74 Å². The second-order valence-electron chi connectivity index (χ2n) is 4.46. The quantitative estimate of drug-likeness (QED) is 0.838. The average molecular weight is 260 g/mol. The molecule has 0 saturated carbocycles. The Labute approximate surface area is 113 Å². The number of hydrogen-bond acceptors (Lipinski definition) is 4. The second kappa shape index (κ2) is 6.33. The van der Waals surface area contributed by atoms with Gasteiger partial charge in [0.05, 0.1) is 13.2 Å². The van der Waals surface area contributed by atoms with E-state index in [-0.39, 0.29) is 12.1 Å². The van der Waals surface area contributed by atoms with Gasteiger partial charge in [-0.15, -0.1) is 0 Å². The number of methoxy groups -OCH3 is 1. The second-order valence-corrected chi connectivity index (χ2v) is 4.46. The fourth-order valence-corrected chi connectivity index (χ4v) is 2.19. The maximum atomic E-state index is 5.42. The highest BCUT2D eigenvalue weighted by Gasteiger charge is 2.18. The molecule has 0 amide bonds. The van der Waals surface area contributed by atoms with E-state index in [1.54, 1.807) is 7.11 Å². The van der Waals surface area contributed by atoms with Crippen molar-refractivity contribution in [3.63, 3.8) is 0 Å². The first-order valence-electron chi connectivity index (χ1n) is 6.50. The Bertz CT molecular complexity index is 498. The van der Waals surface area contributed by atoms with Crippen molar-refractivity contribution in [2.75, 3.05) is 7.11 Å². The standard InChI is InChI=1S/C14H20N4O/c1-4-12(11-7-5-6-8-13(11)19-3)17-10(2)14-15-9-16-18-14/h5-10,12,17H,4H2,1-3H3,(H,15,16,18). The van der Waals surface area contributed by atoms with Crippen molar-refractivity contribution in [1.29, 1.82) is 0 Å². The van der Waals surface area contributed by atoms with E-state index in [9.17, 15) is 0 Å². The van der Waals surface area contributed by atoms with Crippen molar-refractivity contribution < 1.29 is 4.74 Å². The predicted molar refractivity (Wildman–Crippen MR) is 74.0 cm³/mol. The Balaban J connectivity index is 2.16. The molecule has 2 rings (SSSR count). The Hall–Kier alpha value is -1.88. The first-order chi connectivity index (χ1) is 9.26. The van der Waals surface area contributed by atoms with Crippen LogP contribution in [0.4, 0.5) is 0 Å². The van der Waals surface area contributed by atoms with Crippen molar-refractivity contribution in [3.05, 3.63) is 42.0 Å². The largest absolute Gasteiger partial charge is 0.496 e. The molecule has 0 aliphatic carbocycles. The van der Waals surface area contributed by atoms with Gasteiger partial charge < -0.3 is 10.1 Å². The Kier molecular flexibility index (Phi) is 4.52. The summed E-state index contributed by atoms with van der Waals surface area (Å²) in [5.74, 6) is 1.75. The normalized spacial score (nSPS) is 14.1. The maximum Gasteiger partial charge on any atom is 0.141 e. The van der Waals surface area contributed by atoms with E-state index >= 15 is 0 Å². The smallest absolute Gasteiger partial charge is 0.141 e. The minimum Gasteiger partial charge on any atom is -0.496 e. The minimum absolute atomic E-state index is 0.109. The predicted octanol–water partition coefficient (Wildman–Crippen LogP) is 2.62. The summed E-state index contributed by atoms with van der Waals surface area (Å²) in [5.41, 5.74) is 1.17. The van der Waals surface area contributed by atoms with Crippen molar-refractivity contribution in [3.8, 4) is 5.75 Å². The van der Waals surface area contributed by atoms with E-state index in [2.05, 4.69) is 40.4 Å². The number of hydrogen-bond donors (Lipinski definition) is 2. The van der Waals surface area contributed by atoms with Gasteiger partial charge >= 0.3 is 0 Å². The first-order valence-corrected chi connectivity index (χ1v) is 6.50. The highest BCUT2D eigenvalue weighted by Crippen LogP contribution is 2.28. The lowest BCUT2D eigenvalue weighted by molar-refractivity contribution is 0.386. The number of H-pyrrole nitrogens is 1. The van der Waals surface area contributed by atoms with Crippen LogP contribution in [0.3, 0.4) is 0 Å². The van der Waals surface area contributed by atoms with Crippen LogP contribution < -0.4 is 10.1 Å². The summed E-state index contributed by atoms with van der Waals surface area (Å²) in [4.78, 5) is 4.18. The fraction of sp³-hybridized carbons (Fsp3) is 0.429. The molecule has 0 aliphatic rings. The lowest BCUT2D eigenvalue weighted by Crippen LogP contribution is -2.25. The van der Waals surface area contributed by atoms with Crippen LogP contribution in [0.2, 0.25) is 0 Å². The van der Waals surface area contributed by atoms with Crippen molar-refractivity contribution in [1.82, 2.24) is 20.5 Å². The lowest BCUT2D eigenvalue weighted by atomic mass is 10.0. The molecule has 0 aliphatic heterocycles. The zero-order valence-corrected chi connectivity index (χ0v) is 11.6. The molecule has 2 atom stereocenters. The summed E-state index contributed by atoms with van der Waals surface area (Å²) >= 11 is 0. The van der Waals surface area contributed by atoms with Gasteiger partial charge in [0.15, 0.2) is 0 Å². The lowest BCUT2D eigenvalue weighted by Gasteiger charge is -2.23. The first kappa shape index (κ1) is 13.5. The molecule has 2 N–H and O–H groups in total. The van der Waals surface area contributed by atoms with Gasteiger partial charge in [-0.1, -0.05) is 25.1 Å². The van der Waals surface area contributed by atoms with Gasteiger partial charge in [-0.05, 0) is 19.4 Å². The van der Waals surface area contributed by atoms with Crippen LogP contribution in [0, 0.1) is 0 Å². The average Bonchev–Trinajstić information content (AvgIpc) is 2.98. The van der Waals surface area contributed by atoms with Gasteiger partial charge in [0.2, 0.25) is 0 Å². The third-order valence-corrected chi connectivity index (χ3v) is 3.22. The number of para-hydroxylation sites is 1. The molecule has 1 heterocycles. The van der Waals surface area contributed by atoms with E-state index < -0.39 is 0 Å². The maximum absolute atomic E-state index is 5.42. The summed E-state index contributed by atoms with van der Waals surface area (Å²) in [6.07, 6.45) is 2.50. The fourth-order valence-electron chi connectivity index (χ4n) is 2.19. The van der Waals surface area contributed by atoms with Crippen LogP contribution in [-0.2, 0) is 0 Å². The van der Waals surface area contributed by atoms with Gasteiger partial charge in [0.25, 0.3) is 0 Å². The third kappa shape index (κ3) is 3.12. The van der Waals surface area contributed by atoms with E-state index in [1.807, 2.05) is 18.2 Å². The van der Waals surface area contributed by atoms with Gasteiger partial charge in [-0.2, -0.15) is 5.10 Å². The molecule has 1 aromatic heterocycles. The molecule has 0 spiro atoms. The summed E-state index contributed by atoms with van der Waals surface area (Å²) in [6.45, 7) is 4.22. The highest BCUT2D eigenvalue weighted by molar-refractivity contribution is 5.35. The molecule has 0 radical (unpaired) electrons. The Morgan fingerprint density at radius 2 is 2.16 bits per heavy atom. The zero-order valence-electron chi connectivity index (χ0n) is 11.6. The Morgan fingerprint density at radius 1 is 1.37 bits per heavy atom. The van der Waals surface area contributed by atoms with Crippen LogP contribution in [0.1, 0.15) is 43.7 Å². The molecule has 0 saturated heterocycles. The third-order valence-electron chi connectivity index (χ3n) is 3.22. The molecular weight excluding hydrogens is 240 g/mol. The summed E-state index contributed by atoms with van der Waals surface area (Å²) in [5, 5.41) is 10.3. The van der Waals surface area contributed by atoms with Crippen LogP contribution in [0.25, 0.3) is 0 Å². The van der Waals surface area contributed by atoms with Gasteiger partial charge in [0, 0.05) is 11.6 Å². The van der Waals surface area contributed by atoms with Crippen LogP contribution in [0.5, 0.6) is 5.75 Å². The number of aromatic nitrogens is 3. The molecule has 1 aromatic carbocycles. The molecule has 0 bridgehead atoms. The molecule has 19 heavy (non-hydrogen) atoms. The molecule has 0 fully saturated rings. The number of rotatable bonds is 6. The van der Waals surface area contributed by atoms with Gasteiger partial charge in [-0.25, -0.2) is 4.98 Å². The van der Waals surface area contributed by atoms with Gasteiger partial charge in [-0.3, -0.25) is 5.10 Å². The molecule has 102 valence electrons. The molecule has 5 heteroatoms. The van der Waals surface area contributed by atoms with Crippen LogP contribution in [-0.4, -0.2) is 22.3 Å². The minimum atomic E-state index is 0.109. The molecule has 5 nitrogen and oxygen atoms in total. The molecule has 2 unspecified atom stereocenters. The SMILES string of the molecule is CCC(NC(C)c1ncn[nH]1)c1ccccc1OC. The number of nitrogens with zero attached hydrogens (tertiary/aromatic N) is 2. The van der Waals surface area contributed by atoms with E-state index in [1.165, 1.54) is 11.9 Å². The summed E-state index contributed by atoms with van der Waals surface area (Å²) in [6, 6.07) is 8.41. The monoisotopic (exact) mass is 260 g/mol. The number of nitrogens with one attached hydrogen (secondary N) is 2. The summed E-state index contributed by atoms with van der Waals surface area (Å²) in [7, 11) is 1.70. The van der Waals surface area contributed by atoms with Crippen LogP contribution in [0.15, 0.2) is 30.6 Å². The van der Waals surface area contributed by atoms with Crippen molar-refractivity contribution >= 4 is 0 Å². The van der Waals surface area contributed by atoms with Gasteiger partial charge in [0.1, 0.15) is 17.9 Å². The number of ether oxygens (including phenoxy) is 1.